The van der Waals surface area contributed by atoms with E-state index in [1.807, 2.05) is 0 Å². The SMILES string of the molecule is CCCCCCCNN(NC(C)CCCCC)C(C)CCC(C)C. The third-order valence-corrected chi connectivity index (χ3v) is 4.77. The van der Waals surface area contributed by atoms with Crippen LogP contribution in [0, 0.1) is 5.92 Å². The molecule has 0 aliphatic carbocycles. The van der Waals surface area contributed by atoms with Crippen molar-refractivity contribution in [3.63, 3.8) is 0 Å². The Morgan fingerprint density at radius 1 is 0.708 bits per heavy atom. The average molecular weight is 342 g/mol. The predicted molar refractivity (Wildman–Crippen MR) is 109 cm³/mol. The van der Waals surface area contributed by atoms with Gasteiger partial charge in [-0.15, -0.1) is 0 Å². The Bertz CT molecular complexity index is 255. The van der Waals surface area contributed by atoms with E-state index < -0.39 is 0 Å². The third kappa shape index (κ3) is 14.2. The largest absolute Gasteiger partial charge is 0.241 e. The van der Waals surface area contributed by atoms with Gasteiger partial charge in [0.2, 0.25) is 0 Å². The Balaban J connectivity index is 4.21. The van der Waals surface area contributed by atoms with Gasteiger partial charge in [0.05, 0.1) is 0 Å². The van der Waals surface area contributed by atoms with Crippen LogP contribution in [-0.2, 0) is 0 Å². The molecule has 24 heavy (non-hydrogen) atoms. The molecule has 3 heteroatoms. The molecule has 0 aromatic heterocycles. The van der Waals surface area contributed by atoms with Gasteiger partial charge in [-0.05, 0) is 45.4 Å². The summed E-state index contributed by atoms with van der Waals surface area (Å²) in [5.74, 6) is 0.783. The van der Waals surface area contributed by atoms with Gasteiger partial charge in [-0.2, -0.15) is 5.12 Å². The van der Waals surface area contributed by atoms with Crippen LogP contribution in [0.2, 0.25) is 0 Å². The molecule has 3 nitrogen and oxygen atoms in total. The molecule has 0 bridgehead atoms. The van der Waals surface area contributed by atoms with Crippen LogP contribution in [0.5, 0.6) is 0 Å². The maximum atomic E-state index is 3.72. The van der Waals surface area contributed by atoms with E-state index in [9.17, 15) is 0 Å². The molecule has 0 radical (unpaired) electrons. The van der Waals surface area contributed by atoms with E-state index >= 15 is 0 Å². The Hall–Kier alpha value is -0.120. The van der Waals surface area contributed by atoms with Crippen LogP contribution in [0.15, 0.2) is 0 Å². The second-order valence-electron chi connectivity index (χ2n) is 8.04. The summed E-state index contributed by atoms with van der Waals surface area (Å²) in [6, 6.07) is 1.09. The maximum absolute atomic E-state index is 3.72. The van der Waals surface area contributed by atoms with Crippen LogP contribution in [-0.4, -0.2) is 23.7 Å². The summed E-state index contributed by atoms with van der Waals surface area (Å²) in [5, 5.41) is 2.32. The molecule has 146 valence electrons. The fourth-order valence-electron chi connectivity index (χ4n) is 2.96. The van der Waals surface area contributed by atoms with Gasteiger partial charge in [-0.3, -0.25) is 0 Å². The first-order valence-corrected chi connectivity index (χ1v) is 10.8. The first-order chi connectivity index (χ1) is 11.5. The number of nitrogens with zero attached hydrogens (tertiary/aromatic N) is 1. The molecule has 0 heterocycles. The van der Waals surface area contributed by atoms with Crippen LogP contribution < -0.4 is 10.9 Å². The fourth-order valence-corrected chi connectivity index (χ4v) is 2.96. The van der Waals surface area contributed by atoms with E-state index in [2.05, 4.69) is 57.5 Å². The molecule has 0 aromatic carbocycles. The summed E-state index contributed by atoms with van der Waals surface area (Å²) in [7, 11) is 0. The molecule has 0 rings (SSSR count). The summed E-state index contributed by atoms with van der Waals surface area (Å²) < 4.78 is 0. The molecule has 0 fully saturated rings. The van der Waals surface area contributed by atoms with Gasteiger partial charge in [-0.1, -0.05) is 72.6 Å². The highest BCUT2D eigenvalue weighted by Crippen LogP contribution is 2.11. The van der Waals surface area contributed by atoms with Crippen LogP contribution in [0.25, 0.3) is 0 Å². The summed E-state index contributed by atoms with van der Waals surface area (Å²) in [5.41, 5.74) is 7.39. The standard InChI is InChI=1S/C21H47N3/c1-7-9-11-12-14-18-22-24(21(6)17-16-19(3)4)23-20(5)15-13-10-8-2/h19-23H,7-18H2,1-6H3. The van der Waals surface area contributed by atoms with Crippen LogP contribution in [0.1, 0.15) is 112 Å². The van der Waals surface area contributed by atoms with Gasteiger partial charge >= 0.3 is 0 Å². The zero-order valence-electron chi connectivity index (χ0n) is 17.7. The summed E-state index contributed by atoms with van der Waals surface area (Å²) in [6.45, 7) is 14.9. The zero-order chi connectivity index (χ0) is 18.2. The van der Waals surface area contributed by atoms with E-state index in [0.29, 0.717) is 12.1 Å². The number of hydrazine groups is 2. The van der Waals surface area contributed by atoms with Crippen LogP contribution >= 0.6 is 0 Å². The van der Waals surface area contributed by atoms with Crippen molar-refractivity contribution in [1.82, 2.24) is 16.0 Å². The van der Waals surface area contributed by atoms with Gasteiger partial charge in [0.15, 0.2) is 0 Å². The van der Waals surface area contributed by atoms with Crippen molar-refractivity contribution in [2.24, 2.45) is 5.92 Å². The zero-order valence-corrected chi connectivity index (χ0v) is 17.7. The van der Waals surface area contributed by atoms with E-state index in [-0.39, 0.29) is 0 Å². The lowest BCUT2D eigenvalue weighted by Crippen LogP contribution is -2.56. The molecule has 2 unspecified atom stereocenters. The molecule has 0 aliphatic rings. The van der Waals surface area contributed by atoms with Gasteiger partial charge < -0.3 is 0 Å². The Kier molecular flexibility index (Phi) is 16.3. The van der Waals surface area contributed by atoms with E-state index in [0.717, 1.165) is 12.5 Å². The van der Waals surface area contributed by atoms with Crippen LogP contribution in [0.3, 0.4) is 0 Å². The first-order valence-electron chi connectivity index (χ1n) is 10.8. The fraction of sp³-hybridized carbons (Fsp3) is 1.00. The minimum absolute atomic E-state index is 0.539. The molecular formula is C21H47N3. The lowest BCUT2D eigenvalue weighted by atomic mass is 10.0. The number of nitrogens with one attached hydrogen (secondary N) is 2. The second kappa shape index (κ2) is 16.4. The molecule has 0 aromatic rings. The van der Waals surface area contributed by atoms with E-state index in [1.165, 1.54) is 70.6 Å². The minimum atomic E-state index is 0.539. The molecule has 0 amide bonds. The lowest BCUT2D eigenvalue weighted by Gasteiger charge is -2.33. The first kappa shape index (κ1) is 23.9. The van der Waals surface area contributed by atoms with E-state index in [4.69, 9.17) is 0 Å². The molecule has 0 aliphatic heterocycles. The van der Waals surface area contributed by atoms with Crippen molar-refractivity contribution in [3.8, 4) is 0 Å². The van der Waals surface area contributed by atoms with Crippen molar-refractivity contribution in [2.45, 2.75) is 124 Å². The average Bonchev–Trinajstić information content (AvgIpc) is 2.54. The molecular weight excluding hydrogens is 294 g/mol. The second-order valence-corrected chi connectivity index (χ2v) is 8.04. The maximum Gasteiger partial charge on any atom is 0.0372 e. The summed E-state index contributed by atoms with van der Waals surface area (Å²) in [4.78, 5) is 0. The smallest absolute Gasteiger partial charge is 0.0372 e. The summed E-state index contributed by atoms with van der Waals surface area (Å²) >= 11 is 0. The van der Waals surface area contributed by atoms with E-state index in [1.54, 1.807) is 0 Å². The van der Waals surface area contributed by atoms with Gasteiger partial charge in [0.25, 0.3) is 0 Å². The van der Waals surface area contributed by atoms with Gasteiger partial charge in [0, 0.05) is 18.6 Å². The molecule has 2 atom stereocenters. The van der Waals surface area contributed by atoms with Crippen molar-refractivity contribution in [3.05, 3.63) is 0 Å². The number of hydrogen-bond donors (Lipinski definition) is 2. The van der Waals surface area contributed by atoms with Crippen molar-refractivity contribution in [1.29, 1.82) is 0 Å². The lowest BCUT2D eigenvalue weighted by molar-refractivity contribution is 0.0407. The number of rotatable bonds is 17. The highest BCUT2D eigenvalue weighted by atomic mass is 15.7. The third-order valence-electron chi connectivity index (χ3n) is 4.77. The Labute approximate surface area is 153 Å². The van der Waals surface area contributed by atoms with Crippen molar-refractivity contribution in [2.75, 3.05) is 6.54 Å². The number of unbranched alkanes of at least 4 members (excludes halogenated alkanes) is 6. The molecule has 0 spiro atoms. The minimum Gasteiger partial charge on any atom is -0.241 e. The molecule has 0 saturated heterocycles. The monoisotopic (exact) mass is 341 g/mol. The topological polar surface area (TPSA) is 27.3 Å². The van der Waals surface area contributed by atoms with Gasteiger partial charge in [-0.25, -0.2) is 10.9 Å². The normalized spacial score (nSPS) is 14.5. The molecule has 2 N–H and O–H groups in total. The highest BCUT2D eigenvalue weighted by molar-refractivity contribution is 4.66. The van der Waals surface area contributed by atoms with Gasteiger partial charge in [0.1, 0.15) is 0 Å². The number of hydrogen-bond acceptors (Lipinski definition) is 3. The Morgan fingerprint density at radius 3 is 1.96 bits per heavy atom. The van der Waals surface area contributed by atoms with Crippen molar-refractivity contribution < 1.29 is 0 Å². The quantitative estimate of drug-likeness (QED) is 0.249. The predicted octanol–water partition coefficient (Wildman–Crippen LogP) is 6.06. The van der Waals surface area contributed by atoms with Crippen molar-refractivity contribution >= 4 is 0 Å². The highest BCUT2D eigenvalue weighted by Gasteiger charge is 2.16. The summed E-state index contributed by atoms with van der Waals surface area (Å²) in [6.07, 6.45) is 14.5. The molecule has 0 saturated carbocycles. The van der Waals surface area contributed by atoms with Crippen LogP contribution in [0.4, 0.5) is 0 Å². The Morgan fingerprint density at radius 2 is 1.33 bits per heavy atom.